The molecular formula is C11H14N2O. The Hall–Kier alpha value is -1.38. The van der Waals surface area contributed by atoms with Crippen molar-refractivity contribution in [3.8, 4) is 0 Å². The molecule has 0 aliphatic heterocycles. The minimum absolute atomic E-state index is 0.272. The zero-order chi connectivity index (χ0) is 9.97. The predicted octanol–water partition coefficient (Wildman–Crippen LogP) is 1.45. The Morgan fingerprint density at radius 2 is 2.43 bits per heavy atom. The van der Waals surface area contributed by atoms with Gasteiger partial charge in [-0.15, -0.1) is 0 Å². The molecule has 1 aromatic heterocycles. The highest BCUT2D eigenvalue weighted by atomic mass is 16.2. The highest BCUT2D eigenvalue weighted by Crippen LogP contribution is 2.30. The van der Waals surface area contributed by atoms with Crippen molar-refractivity contribution in [3.63, 3.8) is 0 Å². The second-order valence-corrected chi connectivity index (χ2v) is 3.83. The van der Waals surface area contributed by atoms with Gasteiger partial charge in [0.25, 0.3) is 0 Å². The largest absolute Gasteiger partial charge is 0.341 e. The summed E-state index contributed by atoms with van der Waals surface area (Å²) >= 11 is 0. The van der Waals surface area contributed by atoms with Gasteiger partial charge in [-0.3, -0.25) is 9.78 Å². The first kappa shape index (κ1) is 9.19. The van der Waals surface area contributed by atoms with Crippen LogP contribution in [0, 0.1) is 5.92 Å². The molecule has 0 saturated heterocycles. The smallest absolute Gasteiger partial charge is 0.225 e. The van der Waals surface area contributed by atoms with Gasteiger partial charge in [0.15, 0.2) is 0 Å². The highest BCUT2D eigenvalue weighted by Gasteiger charge is 2.31. The van der Waals surface area contributed by atoms with Crippen molar-refractivity contribution in [2.45, 2.75) is 19.4 Å². The second kappa shape index (κ2) is 3.78. The molecule has 3 nitrogen and oxygen atoms in total. The quantitative estimate of drug-likeness (QED) is 0.722. The summed E-state index contributed by atoms with van der Waals surface area (Å²) in [6.45, 7) is 0.670. The van der Waals surface area contributed by atoms with Gasteiger partial charge in [-0.2, -0.15) is 0 Å². The SMILES string of the molecule is CN(Cc1cccnc1)C(=O)C1CC1. The Bertz CT molecular complexity index is 319. The van der Waals surface area contributed by atoms with Crippen molar-refractivity contribution in [2.24, 2.45) is 5.92 Å². The lowest BCUT2D eigenvalue weighted by Gasteiger charge is -2.16. The average Bonchev–Trinajstić information content (AvgIpc) is 3.01. The molecule has 0 aromatic carbocycles. The van der Waals surface area contributed by atoms with Crippen LogP contribution < -0.4 is 0 Å². The highest BCUT2D eigenvalue weighted by molar-refractivity contribution is 5.80. The van der Waals surface area contributed by atoms with Crippen molar-refractivity contribution < 1.29 is 4.79 Å². The molecule has 74 valence electrons. The Morgan fingerprint density at radius 1 is 1.64 bits per heavy atom. The topological polar surface area (TPSA) is 33.2 Å². The molecule has 0 unspecified atom stereocenters. The van der Waals surface area contributed by atoms with Crippen LogP contribution in [0.15, 0.2) is 24.5 Å². The van der Waals surface area contributed by atoms with Crippen molar-refractivity contribution in [2.75, 3.05) is 7.05 Å². The molecule has 0 spiro atoms. The molecular weight excluding hydrogens is 176 g/mol. The zero-order valence-electron chi connectivity index (χ0n) is 8.31. The number of hydrogen-bond acceptors (Lipinski definition) is 2. The van der Waals surface area contributed by atoms with Crippen LogP contribution in [-0.4, -0.2) is 22.8 Å². The molecule has 3 heteroatoms. The normalized spacial score (nSPS) is 15.2. The van der Waals surface area contributed by atoms with Crippen LogP contribution in [-0.2, 0) is 11.3 Å². The molecule has 1 fully saturated rings. The summed E-state index contributed by atoms with van der Waals surface area (Å²) in [6.07, 6.45) is 5.68. The monoisotopic (exact) mass is 190 g/mol. The van der Waals surface area contributed by atoms with Crippen molar-refractivity contribution in [1.82, 2.24) is 9.88 Å². The third kappa shape index (κ3) is 2.10. The van der Waals surface area contributed by atoms with Gasteiger partial charge in [-0.25, -0.2) is 0 Å². The van der Waals surface area contributed by atoms with Gasteiger partial charge in [-0.05, 0) is 24.5 Å². The zero-order valence-corrected chi connectivity index (χ0v) is 8.31. The molecule has 1 heterocycles. The summed E-state index contributed by atoms with van der Waals surface area (Å²) in [7, 11) is 1.85. The lowest BCUT2D eigenvalue weighted by atomic mass is 10.2. The Labute approximate surface area is 83.8 Å². The summed E-state index contributed by atoms with van der Waals surface area (Å²) in [4.78, 5) is 17.4. The van der Waals surface area contributed by atoms with E-state index < -0.39 is 0 Å². The molecule has 0 atom stereocenters. The van der Waals surface area contributed by atoms with E-state index in [0.717, 1.165) is 18.4 Å². The van der Waals surface area contributed by atoms with Crippen molar-refractivity contribution in [1.29, 1.82) is 0 Å². The summed E-state index contributed by atoms with van der Waals surface area (Å²) in [5.41, 5.74) is 1.09. The van der Waals surface area contributed by atoms with E-state index >= 15 is 0 Å². The van der Waals surface area contributed by atoms with Crippen LogP contribution in [0.5, 0.6) is 0 Å². The molecule has 1 aliphatic rings. The number of rotatable bonds is 3. The van der Waals surface area contributed by atoms with E-state index in [1.807, 2.05) is 19.2 Å². The van der Waals surface area contributed by atoms with E-state index in [1.54, 1.807) is 17.3 Å². The summed E-state index contributed by atoms with van der Waals surface area (Å²) < 4.78 is 0. The van der Waals surface area contributed by atoms with Gasteiger partial charge in [-0.1, -0.05) is 6.07 Å². The fraction of sp³-hybridized carbons (Fsp3) is 0.455. The van der Waals surface area contributed by atoms with Crippen LogP contribution in [0.25, 0.3) is 0 Å². The van der Waals surface area contributed by atoms with Crippen LogP contribution >= 0.6 is 0 Å². The first-order chi connectivity index (χ1) is 6.77. The number of hydrogen-bond donors (Lipinski definition) is 0. The van der Waals surface area contributed by atoms with Gasteiger partial charge in [0, 0.05) is 31.9 Å². The number of nitrogens with zero attached hydrogens (tertiary/aromatic N) is 2. The summed E-state index contributed by atoms with van der Waals surface area (Å²) in [5, 5.41) is 0. The lowest BCUT2D eigenvalue weighted by Crippen LogP contribution is -2.27. The Morgan fingerprint density at radius 3 is 3.00 bits per heavy atom. The molecule has 2 rings (SSSR count). The van der Waals surface area contributed by atoms with Gasteiger partial charge in [0.1, 0.15) is 0 Å². The molecule has 1 amide bonds. The molecule has 14 heavy (non-hydrogen) atoms. The molecule has 1 aromatic rings. The maximum absolute atomic E-state index is 11.6. The first-order valence-corrected chi connectivity index (χ1v) is 4.91. The van der Waals surface area contributed by atoms with Crippen LogP contribution in [0.4, 0.5) is 0 Å². The molecule has 0 bridgehead atoms. The Balaban J connectivity index is 1.93. The molecule has 1 saturated carbocycles. The standard InChI is InChI=1S/C11H14N2O/c1-13(11(14)10-4-5-10)8-9-3-2-6-12-7-9/h2-3,6-7,10H,4-5,8H2,1H3. The van der Waals surface area contributed by atoms with E-state index in [1.165, 1.54) is 0 Å². The third-order valence-electron chi connectivity index (χ3n) is 2.45. The third-order valence-corrected chi connectivity index (χ3v) is 2.45. The number of amides is 1. The fourth-order valence-electron chi connectivity index (χ4n) is 1.49. The summed E-state index contributed by atoms with van der Waals surface area (Å²) in [6, 6.07) is 3.88. The van der Waals surface area contributed by atoms with E-state index in [4.69, 9.17) is 0 Å². The molecule has 0 radical (unpaired) electrons. The first-order valence-electron chi connectivity index (χ1n) is 4.91. The van der Waals surface area contributed by atoms with E-state index in [9.17, 15) is 4.79 Å². The van der Waals surface area contributed by atoms with Gasteiger partial charge < -0.3 is 4.90 Å². The number of aromatic nitrogens is 1. The van der Waals surface area contributed by atoms with Crippen LogP contribution in [0.2, 0.25) is 0 Å². The number of carbonyl (C=O) groups excluding carboxylic acids is 1. The number of pyridine rings is 1. The van der Waals surface area contributed by atoms with Crippen molar-refractivity contribution >= 4 is 5.91 Å². The van der Waals surface area contributed by atoms with Crippen LogP contribution in [0.3, 0.4) is 0 Å². The van der Waals surface area contributed by atoms with Gasteiger partial charge in [0.2, 0.25) is 5.91 Å². The van der Waals surface area contributed by atoms with Gasteiger partial charge in [0.05, 0.1) is 0 Å². The average molecular weight is 190 g/mol. The predicted molar refractivity (Wildman–Crippen MR) is 53.4 cm³/mol. The fourth-order valence-corrected chi connectivity index (χ4v) is 1.49. The maximum atomic E-state index is 11.6. The minimum atomic E-state index is 0.272. The van der Waals surface area contributed by atoms with Crippen molar-refractivity contribution in [3.05, 3.63) is 30.1 Å². The molecule has 0 N–H and O–H groups in total. The maximum Gasteiger partial charge on any atom is 0.225 e. The molecule has 1 aliphatic carbocycles. The second-order valence-electron chi connectivity index (χ2n) is 3.83. The number of carbonyl (C=O) groups is 1. The Kier molecular flexibility index (Phi) is 2.48. The lowest BCUT2D eigenvalue weighted by molar-refractivity contribution is -0.131. The van der Waals surface area contributed by atoms with E-state index in [2.05, 4.69) is 4.98 Å². The van der Waals surface area contributed by atoms with E-state index in [0.29, 0.717) is 12.5 Å². The van der Waals surface area contributed by atoms with Crippen LogP contribution in [0.1, 0.15) is 18.4 Å². The van der Waals surface area contributed by atoms with Gasteiger partial charge >= 0.3 is 0 Å². The van der Waals surface area contributed by atoms with E-state index in [-0.39, 0.29) is 5.91 Å². The minimum Gasteiger partial charge on any atom is -0.341 e. The summed E-state index contributed by atoms with van der Waals surface area (Å²) in [5.74, 6) is 0.575.